The highest BCUT2D eigenvalue weighted by Gasteiger charge is 2.05. The van der Waals surface area contributed by atoms with Gasteiger partial charge >= 0.3 is 0 Å². The highest BCUT2D eigenvalue weighted by molar-refractivity contribution is 4.56. The first-order valence-electron chi connectivity index (χ1n) is 3.70. The molecule has 0 saturated carbocycles. The number of rotatable bonds is 4. The first kappa shape index (κ1) is 8.92. The van der Waals surface area contributed by atoms with Crippen LogP contribution in [0.25, 0.3) is 0 Å². The zero-order valence-electron chi connectivity index (χ0n) is 6.94. The summed E-state index contributed by atoms with van der Waals surface area (Å²) in [6.45, 7) is 7.65. The monoisotopic (exact) mass is 130 g/mol. The van der Waals surface area contributed by atoms with Crippen LogP contribution in [-0.2, 0) is 0 Å². The van der Waals surface area contributed by atoms with Crippen molar-refractivity contribution in [2.75, 3.05) is 13.6 Å². The lowest BCUT2D eigenvalue weighted by molar-refractivity contribution is 0.155. The summed E-state index contributed by atoms with van der Waals surface area (Å²) in [5, 5.41) is 2.22. The van der Waals surface area contributed by atoms with Gasteiger partial charge in [0.15, 0.2) is 0 Å². The molecule has 0 heterocycles. The number of nitrogens with zero attached hydrogens (tertiary/aromatic N) is 1. The minimum absolute atomic E-state index is 0.653. The van der Waals surface area contributed by atoms with Gasteiger partial charge in [0.1, 0.15) is 0 Å². The zero-order chi connectivity index (χ0) is 7.28. The van der Waals surface area contributed by atoms with Crippen LogP contribution in [0.4, 0.5) is 0 Å². The Labute approximate surface area is 58.2 Å². The first-order valence-corrected chi connectivity index (χ1v) is 3.70. The van der Waals surface area contributed by atoms with Crippen LogP contribution in [0.3, 0.4) is 0 Å². The summed E-state index contributed by atoms with van der Waals surface area (Å²) in [6.07, 6.45) is 1.20. The van der Waals surface area contributed by atoms with E-state index in [-0.39, 0.29) is 0 Å². The van der Waals surface area contributed by atoms with Gasteiger partial charge < -0.3 is 0 Å². The zero-order valence-corrected chi connectivity index (χ0v) is 6.94. The van der Waals surface area contributed by atoms with E-state index in [4.69, 9.17) is 0 Å². The smallest absolute Gasteiger partial charge is 0.0212 e. The van der Waals surface area contributed by atoms with Gasteiger partial charge in [0, 0.05) is 12.6 Å². The van der Waals surface area contributed by atoms with E-state index in [1.807, 2.05) is 7.05 Å². The Morgan fingerprint density at radius 2 is 2.00 bits per heavy atom. The van der Waals surface area contributed by atoms with Crippen LogP contribution in [-0.4, -0.2) is 24.6 Å². The summed E-state index contributed by atoms with van der Waals surface area (Å²) in [6, 6.07) is 0.653. The Bertz CT molecular complexity index is 59.9. The maximum Gasteiger partial charge on any atom is 0.0212 e. The normalized spacial score (nSPS) is 14.3. The van der Waals surface area contributed by atoms with Crippen molar-refractivity contribution < 1.29 is 0 Å². The van der Waals surface area contributed by atoms with E-state index in [9.17, 15) is 0 Å². The second-order valence-electron chi connectivity index (χ2n) is 2.27. The van der Waals surface area contributed by atoms with Crippen molar-refractivity contribution in [3.05, 3.63) is 0 Å². The molecule has 0 spiro atoms. The maximum absolute atomic E-state index is 3.14. The molecule has 1 unspecified atom stereocenters. The van der Waals surface area contributed by atoms with Gasteiger partial charge in [0.2, 0.25) is 0 Å². The summed E-state index contributed by atoms with van der Waals surface area (Å²) in [4.78, 5) is 0. The van der Waals surface area contributed by atoms with Crippen molar-refractivity contribution in [2.24, 2.45) is 0 Å². The van der Waals surface area contributed by atoms with Crippen molar-refractivity contribution in [1.82, 2.24) is 10.4 Å². The maximum atomic E-state index is 3.14. The minimum Gasteiger partial charge on any atom is -0.258 e. The standard InChI is InChI=1S/C7H18N2/c1-5-7(3)9(6-2)8-4/h7-8H,5-6H2,1-4H3. The molecule has 0 amide bonds. The molecule has 0 saturated heterocycles. The van der Waals surface area contributed by atoms with Gasteiger partial charge in [-0.05, 0) is 20.4 Å². The number of nitrogens with one attached hydrogen (secondary N) is 1. The topological polar surface area (TPSA) is 15.3 Å². The molecule has 0 aromatic rings. The lowest BCUT2D eigenvalue weighted by Crippen LogP contribution is -2.41. The molecule has 2 heteroatoms. The predicted molar refractivity (Wildman–Crippen MR) is 41.2 cm³/mol. The molecule has 0 aromatic heterocycles. The third kappa shape index (κ3) is 2.82. The van der Waals surface area contributed by atoms with Crippen molar-refractivity contribution in [1.29, 1.82) is 0 Å². The van der Waals surface area contributed by atoms with Crippen molar-refractivity contribution in [3.63, 3.8) is 0 Å². The van der Waals surface area contributed by atoms with Crippen molar-refractivity contribution >= 4 is 0 Å². The number of hydrogen-bond acceptors (Lipinski definition) is 2. The Morgan fingerprint density at radius 1 is 1.44 bits per heavy atom. The van der Waals surface area contributed by atoms with Gasteiger partial charge in [-0.25, -0.2) is 5.01 Å². The Hall–Kier alpha value is -0.0800. The highest BCUT2D eigenvalue weighted by atomic mass is 15.5. The largest absolute Gasteiger partial charge is 0.258 e. The molecule has 56 valence electrons. The summed E-state index contributed by atoms with van der Waals surface area (Å²) in [5.74, 6) is 0. The summed E-state index contributed by atoms with van der Waals surface area (Å²) in [7, 11) is 1.97. The van der Waals surface area contributed by atoms with Gasteiger partial charge in [-0.2, -0.15) is 0 Å². The lowest BCUT2D eigenvalue weighted by atomic mass is 10.2. The average Bonchev–Trinajstić information content (AvgIpc) is 1.90. The van der Waals surface area contributed by atoms with Gasteiger partial charge in [0.25, 0.3) is 0 Å². The third-order valence-corrected chi connectivity index (χ3v) is 1.75. The lowest BCUT2D eigenvalue weighted by Gasteiger charge is -2.25. The van der Waals surface area contributed by atoms with E-state index in [2.05, 4.69) is 31.2 Å². The molecule has 9 heavy (non-hydrogen) atoms. The van der Waals surface area contributed by atoms with Gasteiger partial charge in [-0.1, -0.05) is 13.8 Å². The second kappa shape index (κ2) is 4.77. The fourth-order valence-corrected chi connectivity index (χ4v) is 0.911. The van der Waals surface area contributed by atoms with E-state index >= 15 is 0 Å². The molecule has 1 atom stereocenters. The quantitative estimate of drug-likeness (QED) is 0.576. The van der Waals surface area contributed by atoms with Gasteiger partial charge in [0.05, 0.1) is 0 Å². The van der Waals surface area contributed by atoms with E-state index in [1.54, 1.807) is 0 Å². The highest BCUT2D eigenvalue weighted by Crippen LogP contribution is 1.97. The molecule has 0 bridgehead atoms. The third-order valence-electron chi connectivity index (χ3n) is 1.75. The predicted octanol–water partition coefficient (Wildman–Crippen LogP) is 1.24. The van der Waals surface area contributed by atoms with Gasteiger partial charge in [-0.15, -0.1) is 0 Å². The van der Waals surface area contributed by atoms with Crippen LogP contribution in [0.1, 0.15) is 27.2 Å². The molecular formula is C7H18N2. The summed E-state index contributed by atoms with van der Waals surface area (Å²) in [5.41, 5.74) is 3.14. The Morgan fingerprint density at radius 3 is 2.11 bits per heavy atom. The molecular weight excluding hydrogens is 112 g/mol. The fraction of sp³-hybridized carbons (Fsp3) is 1.00. The Balaban J connectivity index is 3.50. The molecule has 0 rings (SSSR count). The first-order chi connectivity index (χ1) is 4.26. The fourth-order valence-electron chi connectivity index (χ4n) is 0.911. The van der Waals surface area contributed by atoms with Crippen LogP contribution < -0.4 is 5.43 Å². The molecule has 0 aromatic carbocycles. The van der Waals surface area contributed by atoms with Gasteiger partial charge in [-0.3, -0.25) is 5.43 Å². The van der Waals surface area contributed by atoms with Crippen LogP contribution in [0, 0.1) is 0 Å². The summed E-state index contributed by atoms with van der Waals surface area (Å²) >= 11 is 0. The van der Waals surface area contributed by atoms with Crippen LogP contribution >= 0.6 is 0 Å². The van der Waals surface area contributed by atoms with E-state index < -0.39 is 0 Å². The molecule has 0 aliphatic heterocycles. The molecule has 0 aliphatic rings. The molecule has 0 aliphatic carbocycles. The van der Waals surface area contributed by atoms with E-state index in [0.29, 0.717) is 6.04 Å². The Kier molecular flexibility index (Phi) is 4.72. The van der Waals surface area contributed by atoms with Crippen LogP contribution in [0.2, 0.25) is 0 Å². The van der Waals surface area contributed by atoms with E-state index in [1.165, 1.54) is 6.42 Å². The SMILES string of the molecule is CCC(C)N(CC)NC. The van der Waals surface area contributed by atoms with Crippen LogP contribution in [0.5, 0.6) is 0 Å². The molecule has 0 radical (unpaired) electrons. The minimum atomic E-state index is 0.653. The second-order valence-corrected chi connectivity index (χ2v) is 2.27. The molecule has 2 nitrogen and oxygen atoms in total. The molecule has 1 N–H and O–H groups in total. The van der Waals surface area contributed by atoms with E-state index in [0.717, 1.165) is 6.54 Å². The van der Waals surface area contributed by atoms with Crippen molar-refractivity contribution in [2.45, 2.75) is 33.2 Å². The number of hydrogen-bond donors (Lipinski definition) is 1. The van der Waals surface area contributed by atoms with Crippen molar-refractivity contribution in [3.8, 4) is 0 Å². The average molecular weight is 130 g/mol. The van der Waals surface area contributed by atoms with Crippen LogP contribution in [0.15, 0.2) is 0 Å². The summed E-state index contributed by atoms with van der Waals surface area (Å²) < 4.78 is 0. The number of hydrazine groups is 1. The molecule has 0 fully saturated rings.